The molecule has 0 bridgehead atoms. The van der Waals surface area contributed by atoms with Gasteiger partial charge in [-0.05, 0) is 18.6 Å². The van der Waals surface area contributed by atoms with E-state index in [9.17, 15) is 14.4 Å². The molecular formula is C16H17N3O4. The Morgan fingerprint density at radius 2 is 2.22 bits per heavy atom. The fourth-order valence-corrected chi connectivity index (χ4v) is 3.05. The van der Waals surface area contributed by atoms with Crippen molar-refractivity contribution in [3.05, 3.63) is 41.6 Å². The molecule has 7 nitrogen and oxygen atoms in total. The summed E-state index contributed by atoms with van der Waals surface area (Å²) in [5.41, 5.74) is 2.52. The molecule has 0 radical (unpaired) electrons. The normalized spacial score (nSPS) is 20.3. The van der Waals surface area contributed by atoms with Crippen LogP contribution in [-0.4, -0.2) is 40.4 Å². The third kappa shape index (κ3) is 2.77. The van der Waals surface area contributed by atoms with Crippen molar-refractivity contribution in [1.82, 2.24) is 10.2 Å². The van der Waals surface area contributed by atoms with Crippen molar-refractivity contribution >= 4 is 23.5 Å². The summed E-state index contributed by atoms with van der Waals surface area (Å²) in [6, 6.07) is 4.98. The molecule has 0 spiro atoms. The molecule has 2 aliphatic heterocycles. The number of hydrogen-bond acceptors (Lipinski definition) is 4. The Bertz CT molecular complexity index is 713. The van der Waals surface area contributed by atoms with Gasteiger partial charge < -0.3 is 20.6 Å². The zero-order valence-electron chi connectivity index (χ0n) is 12.5. The van der Waals surface area contributed by atoms with E-state index in [1.807, 2.05) is 0 Å². The van der Waals surface area contributed by atoms with E-state index >= 15 is 0 Å². The second-order valence-electron chi connectivity index (χ2n) is 5.64. The monoisotopic (exact) mass is 315 g/mol. The molecule has 2 amide bonds. The van der Waals surface area contributed by atoms with Gasteiger partial charge in [0.1, 0.15) is 6.54 Å². The first-order valence-corrected chi connectivity index (χ1v) is 7.34. The quantitative estimate of drug-likeness (QED) is 0.768. The van der Waals surface area contributed by atoms with Gasteiger partial charge >= 0.3 is 5.97 Å². The fraction of sp³-hybridized carbons (Fsp3) is 0.312. The van der Waals surface area contributed by atoms with Gasteiger partial charge in [0.25, 0.3) is 5.91 Å². The maximum absolute atomic E-state index is 12.6. The molecule has 120 valence electrons. The smallest absolute Gasteiger partial charge is 0.322 e. The molecule has 1 unspecified atom stereocenters. The maximum atomic E-state index is 12.6. The highest BCUT2D eigenvalue weighted by atomic mass is 16.4. The van der Waals surface area contributed by atoms with E-state index in [0.29, 0.717) is 36.3 Å². The zero-order valence-corrected chi connectivity index (χ0v) is 12.5. The lowest BCUT2D eigenvalue weighted by Crippen LogP contribution is -2.45. The van der Waals surface area contributed by atoms with Gasteiger partial charge in [-0.2, -0.15) is 0 Å². The van der Waals surface area contributed by atoms with Crippen LogP contribution in [0.1, 0.15) is 28.8 Å². The molecule has 7 heteroatoms. The molecule has 0 aliphatic carbocycles. The molecule has 2 heterocycles. The summed E-state index contributed by atoms with van der Waals surface area (Å²) >= 11 is 0. The van der Waals surface area contributed by atoms with Gasteiger partial charge in [0.05, 0.1) is 6.04 Å². The van der Waals surface area contributed by atoms with E-state index in [4.69, 9.17) is 5.11 Å². The van der Waals surface area contributed by atoms with E-state index in [2.05, 4.69) is 17.2 Å². The summed E-state index contributed by atoms with van der Waals surface area (Å²) < 4.78 is 0. The van der Waals surface area contributed by atoms with Crippen LogP contribution in [0, 0.1) is 0 Å². The van der Waals surface area contributed by atoms with Gasteiger partial charge in [-0.1, -0.05) is 12.6 Å². The van der Waals surface area contributed by atoms with E-state index in [1.54, 1.807) is 23.1 Å². The number of anilines is 1. The number of carboxylic acids is 1. The van der Waals surface area contributed by atoms with Crippen LogP contribution in [0.15, 0.2) is 30.5 Å². The lowest BCUT2D eigenvalue weighted by atomic mass is 10.0. The molecule has 1 aromatic carbocycles. The predicted molar refractivity (Wildman–Crippen MR) is 82.7 cm³/mol. The molecule has 0 aromatic heterocycles. The Labute approximate surface area is 133 Å². The number of nitrogens with zero attached hydrogens (tertiary/aromatic N) is 1. The second-order valence-corrected chi connectivity index (χ2v) is 5.64. The van der Waals surface area contributed by atoms with Gasteiger partial charge in [-0.15, -0.1) is 0 Å². The largest absolute Gasteiger partial charge is 0.480 e. The molecule has 2 aliphatic rings. The molecule has 1 fully saturated rings. The number of carbonyl (C=O) groups is 3. The number of carbonyl (C=O) groups excluding carboxylic acids is 2. The minimum Gasteiger partial charge on any atom is -0.480 e. The summed E-state index contributed by atoms with van der Waals surface area (Å²) in [5.74, 6) is -1.17. The molecule has 3 rings (SSSR count). The lowest BCUT2D eigenvalue weighted by Gasteiger charge is -2.32. The first-order valence-electron chi connectivity index (χ1n) is 7.34. The van der Waals surface area contributed by atoms with Crippen LogP contribution < -0.4 is 10.6 Å². The predicted octanol–water partition coefficient (Wildman–Crippen LogP) is 0.931. The first kappa shape index (κ1) is 15.1. The highest BCUT2D eigenvalue weighted by molar-refractivity contribution is 6.00. The topological polar surface area (TPSA) is 98.7 Å². The van der Waals surface area contributed by atoms with E-state index in [0.717, 1.165) is 5.56 Å². The number of hydrogen-bond donors (Lipinski definition) is 3. The number of amides is 2. The summed E-state index contributed by atoms with van der Waals surface area (Å²) in [4.78, 5) is 36.4. The summed E-state index contributed by atoms with van der Waals surface area (Å²) in [5, 5.41) is 14.3. The van der Waals surface area contributed by atoms with E-state index in [1.165, 1.54) is 0 Å². The van der Waals surface area contributed by atoms with Crippen LogP contribution in [0.2, 0.25) is 0 Å². The van der Waals surface area contributed by atoms with Gasteiger partial charge in [-0.3, -0.25) is 14.4 Å². The highest BCUT2D eigenvalue weighted by Gasteiger charge is 2.37. The number of fused-ring (bicyclic) bond motifs is 1. The zero-order chi connectivity index (χ0) is 16.6. The van der Waals surface area contributed by atoms with E-state index < -0.39 is 5.97 Å². The third-order valence-electron chi connectivity index (χ3n) is 4.15. The van der Waals surface area contributed by atoms with Gasteiger partial charge in [0.15, 0.2) is 0 Å². The van der Waals surface area contributed by atoms with E-state index in [-0.39, 0.29) is 24.4 Å². The van der Waals surface area contributed by atoms with Crippen LogP contribution >= 0.6 is 0 Å². The highest BCUT2D eigenvalue weighted by Crippen LogP contribution is 2.33. The standard InChI is InChI=1S/C16H17N3O4/c1-9-13(5-6-14(20)18-9)19-8-11-10(16(19)23)3-2-4-12(11)17-7-15(21)22/h2-4,13,17H,1,5-8H2,(H,18,20)(H,21,22). The summed E-state index contributed by atoms with van der Waals surface area (Å²) in [6.45, 7) is 4.01. The Hall–Kier alpha value is -2.83. The van der Waals surface area contributed by atoms with Crippen molar-refractivity contribution in [2.24, 2.45) is 0 Å². The summed E-state index contributed by atoms with van der Waals surface area (Å²) in [6.07, 6.45) is 0.899. The molecule has 23 heavy (non-hydrogen) atoms. The maximum Gasteiger partial charge on any atom is 0.322 e. The van der Waals surface area contributed by atoms with Crippen LogP contribution in [0.3, 0.4) is 0 Å². The molecule has 1 aromatic rings. The van der Waals surface area contributed by atoms with Crippen molar-refractivity contribution in [2.75, 3.05) is 11.9 Å². The molecule has 3 N–H and O–H groups in total. The van der Waals surface area contributed by atoms with Crippen LogP contribution in [0.4, 0.5) is 5.69 Å². The number of nitrogens with one attached hydrogen (secondary N) is 2. The SMILES string of the molecule is C=C1NC(=O)CCC1N1Cc2c(NCC(=O)O)cccc2C1=O. The first-order chi connectivity index (χ1) is 11.0. The number of aliphatic carboxylic acids is 1. The number of piperidine rings is 1. The minimum atomic E-state index is -0.966. The molecule has 0 saturated carbocycles. The molecule has 1 atom stereocenters. The number of benzene rings is 1. The molecular weight excluding hydrogens is 298 g/mol. The van der Waals surface area contributed by atoms with Crippen LogP contribution in [-0.2, 0) is 16.1 Å². The average molecular weight is 315 g/mol. The van der Waals surface area contributed by atoms with Crippen molar-refractivity contribution in [2.45, 2.75) is 25.4 Å². The Morgan fingerprint density at radius 3 is 2.91 bits per heavy atom. The van der Waals surface area contributed by atoms with Crippen LogP contribution in [0.25, 0.3) is 0 Å². The average Bonchev–Trinajstić information content (AvgIpc) is 2.83. The Balaban J connectivity index is 1.84. The summed E-state index contributed by atoms with van der Waals surface area (Å²) in [7, 11) is 0. The Morgan fingerprint density at radius 1 is 1.43 bits per heavy atom. The van der Waals surface area contributed by atoms with Gasteiger partial charge in [0, 0.05) is 35.5 Å². The number of carboxylic acid groups (broad SMARTS) is 1. The Kier molecular flexibility index (Phi) is 3.77. The van der Waals surface area contributed by atoms with Crippen molar-refractivity contribution in [3.63, 3.8) is 0 Å². The van der Waals surface area contributed by atoms with Crippen molar-refractivity contribution < 1.29 is 19.5 Å². The van der Waals surface area contributed by atoms with Gasteiger partial charge in [-0.25, -0.2) is 0 Å². The van der Waals surface area contributed by atoms with Crippen LogP contribution in [0.5, 0.6) is 0 Å². The fourth-order valence-electron chi connectivity index (χ4n) is 3.05. The minimum absolute atomic E-state index is 0.0841. The third-order valence-corrected chi connectivity index (χ3v) is 4.15. The molecule has 1 saturated heterocycles. The van der Waals surface area contributed by atoms with Gasteiger partial charge in [0.2, 0.25) is 5.91 Å². The lowest BCUT2D eigenvalue weighted by molar-refractivity contribution is -0.135. The second kappa shape index (κ2) is 5.75. The van der Waals surface area contributed by atoms with Crippen molar-refractivity contribution in [3.8, 4) is 0 Å². The van der Waals surface area contributed by atoms with Crippen molar-refractivity contribution in [1.29, 1.82) is 0 Å². The number of rotatable bonds is 4.